The van der Waals surface area contributed by atoms with Gasteiger partial charge in [0.2, 0.25) is 0 Å². The molecule has 16 heavy (non-hydrogen) atoms. The Morgan fingerprint density at radius 2 is 2.00 bits per heavy atom. The fraction of sp³-hybridized carbons (Fsp3) is 0.100. The summed E-state index contributed by atoms with van der Waals surface area (Å²) in [6.07, 6.45) is 3.86. The second-order valence-electron chi connectivity index (χ2n) is 2.86. The molecule has 0 saturated carbocycles. The van der Waals surface area contributed by atoms with E-state index >= 15 is 0 Å². The first-order valence-corrected chi connectivity index (χ1v) is 4.35. The molecular formula is C10H10ClN3O2. The summed E-state index contributed by atoms with van der Waals surface area (Å²) in [5.41, 5.74) is 1.13. The molecule has 6 heteroatoms. The van der Waals surface area contributed by atoms with Gasteiger partial charge in [-0.25, -0.2) is 0 Å². The Morgan fingerprint density at radius 1 is 1.31 bits per heavy atom. The number of nitrogens with zero attached hydrogens (tertiary/aromatic N) is 3. The molecule has 0 aliphatic carbocycles. The molecule has 0 saturated heterocycles. The number of hydrogen-bond acceptors (Lipinski definition) is 4. The molecule has 84 valence electrons. The van der Waals surface area contributed by atoms with Crippen LogP contribution in [-0.2, 0) is 0 Å². The maximum Gasteiger partial charge on any atom is 0.152 e. The fourth-order valence-electron chi connectivity index (χ4n) is 1.28. The van der Waals surface area contributed by atoms with Crippen molar-refractivity contribution in [2.24, 2.45) is 0 Å². The zero-order valence-electron chi connectivity index (χ0n) is 8.53. The monoisotopic (exact) mass is 239 g/mol. The van der Waals surface area contributed by atoms with Gasteiger partial charge in [0.05, 0.1) is 25.2 Å². The molecule has 0 atom stereocenters. The average molecular weight is 240 g/mol. The summed E-state index contributed by atoms with van der Waals surface area (Å²) in [4.78, 5) is 12.3. The lowest BCUT2D eigenvalue weighted by molar-refractivity contribution is 0.112. The van der Waals surface area contributed by atoms with E-state index in [9.17, 15) is 4.79 Å². The van der Waals surface area contributed by atoms with Crippen molar-refractivity contribution in [3.63, 3.8) is 0 Å². The first-order valence-electron chi connectivity index (χ1n) is 4.35. The number of rotatable bonds is 3. The third-order valence-electron chi connectivity index (χ3n) is 2.00. The largest absolute Gasteiger partial charge is 0.497 e. The lowest BCUT2D eigenvalue weighted by atomic mass is 10.2. The summed E-state index contributed by atoms with van der Waals surface area (Å²) in [5, 5.41) is 7.91. The van der Waals surface area contributed by atoms with Crippen LogP contribution in [0.4, 0.5) is 0 Å². The quantitative estimate of drug-likeness (QED) is 0.762. The molecule has 5 nitrogen and oxygen atoms in total. The number of carbonyl (C=O) groups is 1. The standard InChI is InChI=1S/C10H9N3O2.ClH/c1-15-9-2-3-10(8(6-9)7-14)13-11-4-5-12-13;/h2-7H,1H3;1H. The summed E-state index contributed by atoms with van der Waals surface area (Å²) in [7, 11) is 1.55. The minimum absolute atomic E-state index is 0. The maximum absolute atomic E-state index is 10.9. The first-order chi connectivity index (χ1) is 7.35. The number of aromatic nitrogens is 3. The molecule has 0 unspecified atom stereocenters. The molecule has 0 aliphatic heterocycles. The number of hydrogen-bond donors (Lipinski definition) is 0. The molecule has 1 aromatic heterocycles. The van der Waals surface area contributed by atoms with E-state index in [1.165, 1.54) is 4.80 Å². The van der Waals surface area contributed by atoms with E-state index in [0.717, 1.165) is 6.29 Å². The van der Waals surface area contributed by atoms with Crippen LogP contribution >= 0.6 is 12.4 Å². The highest BCUT2D eigenvalue weighted by Crippen LogP contribution is 2.18. The molecule has 0 bridgehead atoms. The molecule has 0 radical (unpaired) electrons. The van der Waals surface area contributed by atoms with Crippen LogP contribution in [0.3, 0.4) is 0 Å². The van der Waals surface area contributed by atoms with Crippen molar-refractivity contribution in [2.45, 2.75) is 0 Å². The van der Waals surface area contributed by atoms with Gasteiger partial charge in [0, 0.05) is 5.56 Å². The maximum atomic E-state index is 10.9. The molecule has 0 N–H and O–H groups in total. The predicted octanol–water partition coefficient (Wildman–Crippen LogP) is 1.51. The van der Waals surface area contributed by atoms with Crippen molar-refractivity contribution in [1.29, 1.82) is 0 Å². The third-order valence-corrected chi connectivity index (χ3v) is 2.00. The number of carbonyl (C=O) groups excluding carboxylic acids is 1. The minimum atomic E-state index is 0. The van der Waals surface area contributed by atoms with Gasteiger partial charge in [-0.05, 0) is 18.2 Å². The fourth-order valence-corrected chi connectivity index (χ4v) is 1.28. The summed E-state index contributed by atoms with van der Waals surface area (Å²) in [6.45, 7) is 0. The van der Waals surface area contributed by atoms with Crippen LogP contribution < -0.4 is 4.74 Å². The van der Waals surface area contributed by atoms with Gasteiger partial charge in [0.1, 0.15) is 5.75 Å². The van der Waals surface area contributed by atoms with Gasteiger partial charge >= 0.3 is 0 Å². The average Bonchev–Trinajstić information content (AvgIpc) is 2.81. The van der Waals surface area contributed by atoms with Crippen molar-refractivity contribution in [3.05, 3.63) is 36.2 Å². The zero-order chi connectivity index (χ0) is 10.7. The third kappa shape index (κ3) is 2.20. The van der Waals surface area contributed by atoms with E-state index in [1.807, 2.05) is 0 Å². The Morgan fingerprint density at radius 3 is 2.56 bits per heavy atom. The Hall–Kier alpha value is -1.88. The summed E-state index contributed by atoms with van der Waals surface area (Å²) in [5.74, 6) is 0.632. The second kappa shape index (κ2) is 5.27. The van der Waals surface area contributed by atoms with Crippen molar-refractivity contribution in [1.82, 2.24) is 15.0 Å². The van der Waals surface area contributed by atoms with Gasteiger partial charge in [0.25, 0.3) is 0 Å². The van der Waals surface area contributed by atoms with E-state index < -0.39 is 0 Å². The Labute approximate surface area is 98.4 Å². The number of aldehydes is 1. The van der Waals surface area contributed by atoms with E-state index in [1.54, 1.807) is 37.7 Å². The van der Waals surface area contributed by atoms with Crippen molar-refractivity contribution < 1.29 is 9.53 Å². The van der Waals surface area contributed by atoms with Crippen LogP contribution in [0.2, 0.25) is 0 Å². The van der Waals surface area contributed by atoms with Gasteiger partial charge in [-0.2, -0.15) is 15.0 Å². The number of benzene rings is 1. The molecule has 2 aromatic rings. The first kappa shape index (κ1) is 12.2. The second-order valence-corrected chi connectivity index (χ2v) is 2.86. The molecule has 1 aromatic carbocycles. The summed E-state index contributed by atoms with van der Waals surface area (Å²) in [6, 6.07) is 5.14. The van der Waals surface area contributed by atoms with Gasteiger partial charge in [-0.3, -0.25) is 4.79 Å². The van der Waals surface area contributed by atoms with Crippen LogP contribution in [0.15, 0.2) is 30.6 Å². The van der Waals surface area contributed by atoms with Gasteiger partial charge in [-0.1, -0.05) is 0 Å². The molecule has 0 fully saturated rings. The topological polar surface area (TPSA) is 57.0 Å². The van der Waals surface area contributed by atoms with Crippen LogP contribution in [-0.4, -0.2) is 28.4 Å². The number of halogens is 1. The molecule has 0 aliphatic rings. The lowest BCUT2D eigenvalue weighted by Gasteiger charge is -2.05. The minimum Gasteiger partial charge on any atom is -0.497 e. The summed E-state index contributed by atoms with van der Waals surface area (Å²) >= 11 is 0. The highest BCUT2D eigenvalue weighted by molar-refractivity contribution is 5.85. The van der Waals surface area contributed by atoms with Gasteiger partial charge in [0.15, 0.2) is 6.29 Å². The summed E-state index contributed by atoms with van der Waals surface area (Å²) < 4.78 is 5.02. The van der Waals surface area contributed by atoms with Crippen LogP contribution in [0.5, 0.6) is 5.75 Å². The van der Waals surface area contributed by atoms with E-state index in [4.69, 9.17) is 4.74 Å². The zero-order valence-corrected chi connectivity index (χ0v) is 9.35. The van der Waals surface area contributed by atoms with E-state index in [0.29, 0.717) is 17.0 Å². The van der Waals surface area contributed by atoms with Gasteiger partial charge in [-0.15, -0.1) is 12.4 Å². The Balaban J connectivity index is 0.00000128. The van der Waals surface area contributed by atoms with Crippen molar-refractivity contribution in [2.75, 3.05) is 7.11 Å². The predicted molar refractivity (Wildman–Crippen MR) is 60.5 cm³/mol. The van der Waals surface area contributed by atoms with Crippen molar-refractivity contribution in [3.8, 4) is 11.4 Å². The normalized spacial score (nSPS) is 9.31. The highest BCUT2D eigenvalue weighted by atomic mass is 35.5. The van der Waals surface area contributed by atoms with Crippen LogP contribution in [0, 0.1) is 0 Å². The lowest BCUT2D eigenvalue weighted by Crippen LogP contribution is -2.02. The highest BCUT2D eigenvalue weighted by Gasteiger charge is 2.06. The molecule has 2 rings (SSSR count). The molecule has 0 spiro atoms. The number of methoxy groups -OCH3 is 1. The molecule has 0 amide bonds. The molecule has 1 heterocycles. The van der Waals surface area contributed by atoms with E-state index in [-0.39, 0.29) is 12.4 Å². The Kier molecular flexibility index (Phi) is 4.02. The van der Waals surface area contributed by atoms with Crippen LogP contribution in [0.1, 0.15) is 10.4 Å². The van der Waals surface area contributed by atoms with Gasteiger partial charge < -0.3 is 4.74 Å². The van der Waals surface area contributed by atoms with E-state index in [2.05, 4.69) is 10.2 Å². The smallest absolute Gasteiger partial charge is 0.152 e. The number of ether oxygens (including phenoxy) is 1. The Bertz CT molecular complexity index is 471. The SMILES string of the molecule is COc1ccc(-n2nccn2)c(C=O)c1.Cl. The van der Waals surface area contributed by atoms with Crippen molar-refractivity contribution >= 4 is 18.7 Å². The van der Waals surface area contributed by atoms with Crippen LogP contribution in [0.25, 0.3) is 5.69 Å². The molecular weight excluding hydrogens is 230 g/mol.